The summed E-state index contributed by atoms with van der Waals surface area (Å²) < 4.78 is 11.3. The lowest BCUT2D eigenvalue weighted by Gasteiger charge is -2.29. The van der Waals surface area contributed by atoms with Crippen LogP contribution in [0.5, 0.6) is 11.5 Å². The molecule has 0 unspecified atom stereocenters. The van der Waals surface area contributed by atoms with E-state index in [1.807, 2.05) is 30.0 Å². The van der Waals surface area contributed by atoms with E-state index >= 15 is 0 Å². The van der Waals surface area contributed by atoms with Gasteiger partial charge in [0.1, 0.15) is 19.5 Å². The molecule has 1 aromatic heterocycles. The lowest BCUT2D eigenvalue weighted by Crippen LogP contribution is -2.45. The molecule has 1 aliphatic carbocycles. The van der Waals surface area contributed by atoms with E-state index in [0.717, 1.165) is 23.1 Å². The molecule has 0 bridgehead atoms. The monoisotopic (exact) mass is 470 g/mol. The Kier molecular flexibility index (Phi) is 5.36. The Balaban J connectivity index is 1.23. The van der Waals surface area contributed by atoms with Crippen LogP contribution < -0.4 is 14.8 Å². The molecule has 2 aromatic carbocycles. The van der Waals surface area contributed by atoms with Gasteiger partial charge in [-0.3, -0.25) is 9.59 Å². The zero-order chi connectivity index (χ0) is 23.9. The highest BCUT2D eigenvalue weighted by molar-refractivity contribution is 6.02. The number of para-hydroxylation sites is 1. The maximum absolute atomic E-state index is 13.8. The van der Waals surface area contributed by atoms with Crippen LogP contribution in [0.15, 0.2) is 55.1 Å². The average molecular weight is 471 g/mol. The fourth-order valence-corrected chi connectivity index (χ4v) is 5.42. The topological polar surface area (TPSA) is 93.7 Å². The lowest BCUT2D eigenvalue weighted by molar-refractivity contribution is 0.0695. The summed E-state index contributed by atoms with van der Waals surface area (Å²) in [6.45, 7) is 3.98. The van der Waals surface area contributed by atoms with Crippen molar-refractivity contribution in [1.82, 2.24) is 20.2 Å². The fraction of sp³-hybridized carbons (Fsp3) is 0.333. The molecule has 3 aliphatic rings. The van der Waals surface area contributed by atoms with Crippen LogP contribution in [-0.4, -0.2) is 59.0 Å². The van der Waals surface area contributed by atoms with Crippen molar-refractivity contribution >= 4 is 11.8 Å². The Morgan fingerprint density at radius 2 is 1.83 bits per heavy atom. The third kappa shape index (κ3) is 3.88. The molecule has 8 nitrogen and oxygen atoms in total. The van der Waals surface area contributed by atoms with Crippen LogP contribution in [0.2, 0.25) is 0 Å². The number of rotatable bonds is 5. The van der Waals surface area contributed by atoms with Gasteiger partial charge in [0.05, 0.1) is 11.6 Å². The van der Waals surface area contributed by atoms with Gasteiger partial charge < -0.3 is 19.7 Å². The number of hydrogen-bond acceptors (Lipinski definition) is 6. The third-order valence-corrected chi connectivity index (χ3v) is 7.20. The van der Waals surface area contributed by atoms with E-state index in [1.54, 1.807) is 30.6 Å². The lowest BCUT2D eigenvalue weighted by atomic mass is 9.95. The second-order valence-corrected chi connectivity index (χ2v) is 9.35. The van der Waals surface area contributed by atoms with Gasteiger partial charge >= 0.3 is 0 Å². The molecule has 8 heteroatoms. The smallest absolute Gasteiger partial charge is 0.255 e. The Morgan fingerprint density at radius 3 is 2.69 bits per heavy atom. The van der Waals surface area contributed by atoms with Crippen LogP contribution in [0.1, 0.15) is 32.7 Å². The molecule has 178 valence electrons. The van der Waals surface area contributed by atoms with E-state index in [9.17, 15) is 9.59 Å². The number of carbonyl (C=O) groups is 2. The normalized spacial score (nSPS) is 21.9. The van der Waals surface area contributed by atoms with Crippen molar-refractivity contribution in [3.63, 3.8) is 0 Å². The number of nitrogens with one attached hydrogen (secondary N) is 1. The van der Waals surface area contributed by atoms with Gasteiger partial charge in [-0.2, -0.15) is 0 Å². The highest BCUT2D eigenvalue weighted by atomic mass is 16.6. The molecule has 1 N–H and O–H groups in total. The summed E-state index contributed by atoms with van der Waals surface area (Å²) in [7, 11) is 0. The molecule has 35 heavy (non-hydrogen) atoms. The molecule has 6 rings (SSSR count). The number of likely N-dealkylation sites (tertiary alicyclic amines) is 1. The Labute approximate surface area is 203 Å². The first-order valence-electron chi connectivity index (χ1n) is 11.9. The molecule has 3 atom stereocenters. The molecule has 3 aromatic rings. The predicted octanol–water partition coefficient (Wildman–Crippen LogP) is 3.11. The van der Waals surface area contributed by atoms with E-state index in [1.165, 1.54) is 6.33 Å². The molecule has 1 saturated carbocycles. The molecule has 3 heterocycles. The number of amides is 2. The number of fused-ring (bicyclic) bond motifs is 2. The summed E-state index contributed by atoms with van der Waals surface area (Å²) in [5.41, 5.74) is 3.76. The largest absolute Gasteiger partial charge is 0.486 e. The highest BCUT2D eigenvalue weighted by Gasteiger charge is 2.54. The van der Waals surface area contributed by atoms with E-state index in [2.05, 4.69) is 15.3 Å². The van der Waals surface area contributed by atoms with Crippen molar-refractivity contribution in [3.8, 4) is 22.6 Å². The standard InChI is InChI=1S/C27H26N4O4/c1-16-4-2-5-19(24(16)18-11-28-15-29-12-18)27(33)31-14-17-10-21(17)22(31)13-30-26(32)20-6-3-7-23-25(20)35-9-8-34-23/h2-7,11-12,15,17,21-22H,8-10,13-14H2,1H3,(H,30,32)/t17-,21-,22-/m1/s1. The van der Waals surface area contributed by atoms with Gasteiger partial charge in [0, 0.05) is 42.2 Å². The fourth-order valence-electron chi connectivity index (χ4n) is 5.42. The SMILES string of the molecule is Cc1cccc(C(=O)N2C[C@H]3C[C@H]3[C@H]2CNC(=O)c2cccc3c2OCCO3)c1-c1cncnc1. The highest BCUT2D eigenvalue weighted by Crippen LogP contribution is 2.50. The number of aromatic nitrogens is 2. The first-order chi connectivity index (χ1) is 17.1. The van der Waals surface area contributed by atoms with Crippen LogP contribution in [0, 0.1) is 18.8 Å². The van der Waals surface area contributed by atoms with Crippen LogP contribution >= 0.6 is 0 Å². The zero-order valence-corrected chi connectivity index (χ0v) is 19.4. The Bertz CT molecular complexity index is 1300. The zero-order valence-electron chi connectivity index (χ0n) is 19.4. The van der Waals surface area contributed by atoms with Gasteiger partial charge in [-0.1, -0.05) is 18.2 Å². The Hall–Kier alpha value is -3.94. The summed E-state index contributed by atoms with van der Waals surface area (Å²) in [5.74, 6) is 1.73. The van der Waals surface area contributed by atoms with Gasteiger partial charge in [0.25, 0.3) is 11.8 Å². The number of aryl methyl sites for hydroxylation is 1. The van der Waals surface area contributed by atoms with Crippen LogP contribution in [0.25, 0.3) is 11.1 Å². The van der Waals surface area contributed by atoms with Gasteiger partial charge in [-0.15, -0.1) is 0 Å². The Morgan fingerprint density at radius 1 is 1.06 bits per heavy atom. The number of ether oxygens (including phenoxy) is 2. The summed E-state index contributed by atoms with van der Waals surface area (Å²) in [4.78, 5) is 37.1. The van der Waals surface area contributed by atoms with E-state index in [-0.39, 0.29) is 17.9 Å². The van der Waals surface area contributed by atoms with Crippen molar-refractivity contribution in [2.45, 2.75) is 19.4 Å². The van der Waals surface area contributed by atoms with E-state index < -0.39 is 0 Å². The number of carbonyl (C=O) groups excluding carboxylic acids is 2. The minimum absolute atomic E-state index is 0.0205. The number of piperidine rings is 1. The first-order valence-corrected chi connectivity index (χ1v) is 11.9. The second kappa shape index (κ2) is 8.69. The quantitative estimate of drug-likeness (QED) is 0.616. The summed E-state index contributed by atoms with van der Waals surface area (Å²) in [5, 5.41) is 3.05. The van der Waals surface area contributed by atoms with Gasteiger partial charge in [-0.05, 0) is 48.9 Å². The van der Waals surface area contributed by atoms with E-state index in [0.29, 0.717) is 60.8 Å². The summed E-state index contributed by atoms with van der Waals surface area (Å²) >= 11 is 0. The van der Waals surface area contributed by atoms with Crippen molar-refractivity contribution in [1.29, 1.82) is 0 Å². The third-order valence-electron chi connectivity index (χ3n) is 7.20. The number of nitrogens with zero attached hydrogens (tertiary/aromatic N) is 3. The first kappa shape index (κ1) is 21.6. The number of hydrogen-bond donors (Lipinski definition) is 1. The van der Waals surface area contributed by atoms with Crippen LogP contribution in [0.3, 0.4) is 0 Å². The van der Waals surface area contributed by atoms with Crippen molar-refractivity contribution in [2.24, 2.45) is 11.8 Å². The van der Waals surface area contributed by atoms with Crippen LogP contribution in [0.4, 0.5) is 0 Å². The molecule has 0 spiro atoms. The van der Waals surface area contributed by atoms with Crippen LogP contribution in [-0.2, 0) is 0 Å². The van der Waals surface area contributed by atoms with Crippen molar-refractivity contribution in [3.05, 3.63) is 71.8 Å². The molecule has 2 fully saturated rings. The minimum Gasteiger partial charge on any atom is -0.486 e. The molecule has 2 aliphatic heterocycles. The molecular formula is C27H26N4O4. The average Bonchev–Trinajstić information content (AvgIpc) is 3.58. The van der Waals surface area contributed by atoms with Gasteiger partial charge in [-0.25, -0.2) is 9.97 Å². The summed E-state index contributed by atoms with van der Waals surface area (Å²) in [6, 6.07) is 11.0. The molecule has 0 radical (unpaired) electrons. The van der Waals surface area contributed by atoms with Gasteiger partial charge in [0.15, 0.2) is 11.5 Å². The molecular weight excluding hydrogens is 444 g/mol. The predicted molar refractivity (Wildman–Crippen MR) is 128 cm³/mol. The van der Waals surface area contributed by atoms with Gasteiger partial charge in [0.2, 0.25) is 0 Å². The van der Waals surface area contributed by atoms with Crippen molar-refractivity contribution in [2.75, 3.05) is 26.3 Å². The minimum atomic E-state index is -0.221. The van der Waals surface area contributed by atoms with Crippen molar-refractivity contribution < 1.29 is 19.1 Å². The molecule has 2 amide bonds. The maximum atomic E-state index is 13.8. The summed E-state index contributed by atoms with van der Waals surface area (Å²) in [6.07, 6.45) is 6.04. The number of benzene rings is 2. The maximum Gasteiger partial charge on any atom is 0.255 e. The molecule has 1 saturated heterocycles. The van der Waals surface area contributed by atoms with E-state index in [4.69, 9.17) is 9.47 Å². The second-order valence-electron chi connectivity index (χ2n) is 9.35.